The van der Waals surface area contributed by atoms with Crippen LogP contribution in [0.3, 0.4) is 0 Å². The lowest BCUT2D eigenvalue weighted by Crippen LogP contribution is -2.25. The van der Waals surface area contributed by atoms with Crippen molar-refractivity contribution in [2.75, 3.05) is 11.9 Å². The summed E-state index contributed by atoms with van der Waals surface area (Å²) in [5.74, 6) is -1.06. The van der Waals surface area contributed by atoms with E-state index in [1.165, 1.54) is 0 Å². The van der Waals surface area contributed by atoms with Crippen molar-refractivity contribution in [2.24, 2.45) is 0 Å². The van der Waals surface area contributed by atoms with E-state index in [-0.39, 0.29) is 17.7 Å². The lowest BCUT2D eigenvalue weighted by atomic mass is 10.2. The Bertz CT molecular complexity index is 1420. The van der Waals surface area contributed by atoms with Gasteiger partial charge < -0.3 is 10.1 Å². The number of nitrogens with one attached hydrogen (secondary N) is 1. The van der Waals surface area contributed by atoms with Gasteiger partial charge in [-0.05, 0) is 43.3 Å². The summed E-state index contributed by atoms with van der Waals surface area (Å²) in [4.78, 5) is 38.8. The molecule has 0 saturated heterocycles. The van der Waals surface area contributed by atoms with Crippen molar-refractivity contribution in [2.45, 2.75) is 6.92 Å². The fraction of sp³-hybridized carbons (Fsp3) is 0.0909. The van der Waals surface area contributed by atoms with Crippen LogP contribution in [0.1, 0.15) is 27.8 Å². The summed E-state index contributed by atoms with van der Waals surface area (Å²) in [6, 6.07) is 13.4. The maximum absolute atomic E-state index is 13.4. The van der Waals surface area contributed by atoms with Gasteiger partial charge in [0.2, 0.25) is 0 Å². The van der Waals surface area contributed by atoms with E-state index in [9.17, 15) is 14.4 Å². The van der Waals surface area contributed by atoms with E-state index in [0.717, 1.165) is 20.5 Å². The molecule has 0 radical (unpaired) electrons. The Morgan fingerprint density at radius 1 is 1.22 bits per heavy atom. The quantitative estimate of drug-likeness (QED) is 0.353. The van der Waals surface area contributed by atoms with Crippen molar-refractivity contribution in [1.82, 2.24) is 9.78 Å². The van der Waals surface area contributed by atoms with Crippen LogP contribution in [-0.2, 0) is 4.74 Å². The number of benzene rings is 2. The second-order valence-electron chi connectivity index (χ2n) is 6.58. The lowest BCUT2D eigenvalue weighted by Gasteiger charge is -2.10. The highest BCUT2D eigenvalue weighted by Crippen LogP contribution is 2.31. The molecule has 162 valence electrons. The smallest absolute Gasteiger partial charge is 0.359 e. The summed E-state index contributed by atoms with van der Waals surface area (Å²) in [6.07, 6.45) is 0. The van der Waals surface area contributed by atoms with Gasteiger partial charge in [-0.25, -0.2) is 4.79 Å². The molecule has 1 amide bonds. The van der Waals surface area contributed by atoms with Crippen molar-refractivity contribution in [3.05, 3.63) is 85.0 Å². The molecule has 2 aromatic heterocycles. The molecule has 32 heavy (non-hydrogen) atoms. The zero-order chi connectivity index (χ0) is 22.8. The summed E-state index contributed by atoms with van der Waals surface area (Å²) in [6.45, 7) is 1.83. The van der Waals surface area contributed by atoms with Gasteiger partial charge in [-0.1, -0.05) is 39.7 Å². The maximum atomic E-state index is 13.4. The van der Waals surface area contributed by atoms with Gasteiger partial charge in [-0.2, -0.15) is 9.78 Å². The van der Waals surface area contributed by atoms with Crippen LogP contribution in [0.5, 0.6) is 0 Å². The largest absolute Gasteiger partial charge is 0.461 e. The first-order valence-corrected chi connectivity index (χ1v) is 11.5. The molecule has 0 spiro atoms. The normalized spacial score (nSPS) is 10.8. The van der Waals surface area contributed by atoms with E-state index >= 15 is 0 Å². The molecule has 0 aliphatic carbocycles. The average Bonchev–Trinajstić information content (AvgIpc) is 3.18. The highest BCUT2D eigenvalue weighted by molar-refractivity contribution is 9.10. The molecule has 7 nitrogen and oxygen atoms in total. The first kappa shape index (κ1) is 22.2. The molecule has 2 heterocycles. The van der Waals surface area contributed by atoms with Crippen LogP contribution in [0.25, 0.3) is 16.5 Å². The second-order valence-corrected chi connectivity index (χ2v) is 8.82. The number of hydrogen-bond donors (Lipinski definition) is 1. The number of anilines is 1. The van der Waals surface area contributed by atoms with E-state index in [1.54, 1.807) is 60.8 Å². The molecule has 0 atom stereocenters. The van der Waals surface area contributed by atoms with Crippen molar-refractivity contribution in [3.63, 3.8) is 0 Å². The van der Waals surface area contributed by atoms with Crippen LogP contribution in [0, 0.1) is 0 Å². The molecular weight excluding hydrogens is 518 g/mol. The SMILES string of the molecule is CCOC(=O)c1nn(-c2cccc(Cl)c2)c(=O)c2c(NC(=O)c3cccc(Br)c3)scc12. The first-order valence-electron chi connectivity index (χ1n) is 9.43. The fourth-order valence-electron chi connectivity index (χ4n) is 3.08. The van der Waals surface area contributed by atoms with E-state index in [0.29, 0.717) is 26.7 Å². The van der Waals surface area contributed by atoms with Crippen molar-refractivity contribution in [3.8, 4) is 5.69 Å². The van der Waals surface area contributed by atoms with Crippen molar-refractivity contribution >= 4 is 66.5 Å². The standard InChI is InChI=1S/C22H15BrClN3O4S/c1-2-31-22(30)18-16-11-32-20(25-19(28)12-5-3-6-13(23)9-12)17(16)21(29)27(26-18)15-8-4-7-14(24)10-15/h3-11H,2H2,1H3,(H,25,28). The number of hydrogen-bond acceptors (Lipinski definition) is 6. The van der Waals surface area contributed by atoms with Crippen molar-refractivity contribution < 1.29 is 14.3 Å². The summed E-state index contributed by atoms with van der Waals surface area (Å²) in [7, 11) is 0. The summed E-state index contributed by atoms with van der Waals surface area (Å²) in [5, 5.41) is 9.81. The summed E-state index contributed by atoms with van der Waals surface area (Å²) in [5.41, 5.74) is 0.267. The van der Waals surface area contributed by atoms with Gasteiger partial charge >= 0.3 is 5.97 Å². The zero-order valence-corrected chi connectivity index (χ0v) is 19.8. The molecule has 4 aromatic rings. The van der Waals surface area contributed by atoms with Crippen LogP contribution in [-0.4, -0.2) is 28.3 Å². The molecule has 0 unspecified atom stereocenters. The highest BCUT2D eigenvalue weighted by atomic mass is 79.9. The third-order valence-corrected chi connectivity index (χ3v) is 6.11. The molecule has 0 aliphatic heterocycles. The number of esters is 1. The third kappa shape index (κ3) is 4.32. The topological polar surface area (TPSA) is 90.3 Å². The van der Waals surface area contributed by atoms with Crippen LogP contribution < -0.4 is 10.9 Å². The first-order chi connectivity index (χ1) is 15.4. The molecule has 10 heteroatoms. The fourth-order valence-corrected chi connectivity index (χ4v) is 4.60. The van der Waals surface area contributed by atoms with Gasteiger partial charge in [0.25, 0.3) is 11.5 Å². The van der Waals surface area contributed by atoms with Crippen LogP contribution in [0.15, 0.2) is 63.2 Å². The molecular formula is C22H15BrClN3O4S. The lowest BCUT2D eigenvalue weighted by molar-refractivity contribution is 0.0520. The van der Waals surface area contributed by atoms with Crippen LogP contribution in [0.2, 0.25) is 5.02 Å². The Morgan fingerprint density at radius 2 is 2.00 bits per heavy atom. The number of aromatic nitrogens is 2. The molecule has 0 fully saturated rings. The number of thiophene rings is 1. The molecule has 0 saturated carbocycles. The Hall–Kier alpha value is -3.01. The molecule has 0 aliphatic rings. The Balaban J connectivity index is 1.89. The van der Waals surface area contributed by atoms with E-state index < -0.39 is 17.4 Å². The number of carbonyl (C=O) groups is 2. The summed E-state index contributed by atoms with van der Waals surface area (Å²) >= 11 is 10.6. The predicted molar refractivity (Wildman–Crippen MR) is 128 cm³/mol. The molecule has 4 rings (SSSR count). The third-order valence-electron chi connectivity index (χ3n) is 4.49. The molecule has 0 bridgehead atoms. The van der Waals surface area contributed by atoms with Gasteiger partial charge in [-0.15, -0.1) is 11.3 Å². The van der Waals surface area contributed by atoms with Gasteiger partial charge in [0, 0.05) is 25.8 Å². The maximum Gasteiger partial charge on any atom is 0.359 e. The number of halogens is 2. The number of carbonyl (C=O) groups excluding carboxylic acids is 2. The minimum atomic E-state index is -0.670. The van der Waals surface area contributed by atoms with Crippen LogP contribution in [0.4, 0.5) is 5.00 Å². The Kier molecular flexibility index (Phi) is 6.40. The second kappa shape index (κ2) is 9.23. The average molecular weight is 533 g/mol. The van der Waals surface area contributed by atoms with Gasteiger partial charge in [0.1, 0.15) is 5.00 Å². The van der Waals surface area contributed by atoms with Gasteiger partial charge in [0.15, 0.2) is 5.69 Å². The Labute approximate surface area is 199 Å². The molecule has 1 N–H and O–H groups in total. The molecule has 2 aromatic carbocycles. The number of fused-ring (bicyclic) bond motifs is 1. The zero-order valence-electron chi connectivity index (χ0n) is 16.6. The van der Waals surface area contributed by atoms with Gasteiger partial charge in [-0.3, -0.25) is 9.59 Å². The minimum absolute atomic E-state index is 0.0272. The number of ether oxygens (including phenoxy) is 1. The Morgan fingerprint density at radius 3 is 2.72 bits per heavy atom. The van der Waals surface area contributed by atoms with E-state index in [2.05, 4.69) is 26.3 Å². The summed E-state index contributed by atoms with van der Waals surface area (Å²) < 4.78 is 6.97. The minimum Gasteiger partial charge on any atom is -0.461 e. The van der Waals surface area contributed by atoms with Gasteiger partial charge in [0.05, 0.1) is 17.7 Å². The highest BCUT2D eigenvalue weighted by Gasteiger charge is 2.23. The predicted octanol–water partition coefficient (Wildman–Crippen LogP) is 5.29. The van der Waals surface area contributed by atoms with E-state index in [1.807, 2.05) is 0 Å². The monoisotopic (exact) mass is 531 g/mol. The van der Waals surface area contributed by atoms with E-state index in [4.69, 9.17) is 16.3 Å². The van der Waals surface area contributed by atoms with Crippen LogP contribution >= 0.6 is 38.9 Å². The van der Waals surface area contributed by atoms with Crippen molar-refractivity contribution in [1.29, 1.82) is 0 Å². The number of amides is 1. The number of rotatable bonds is 5. The number of nitrogens with zero attached hydrogens (tertiary/aromatic N) is 2.